The monoisotopic (exact) mass is 380 g/mol. The number of hydrogen-bond donors (Lipinski definition) is 0. The van der Waals surface area contributed by atoms with Gasteiger partial charge in [0, 0.05) is 0 Å². The van der Waals surface area contributed by atoms with E-state index in [1.165, 1.54) is 148 Å². The molecule has 0 atom stereocenters. The van der Waals surface area contributed by atoms with E-state index in [2.05, 4.69) is 20.8 Å². The van der Waals surface area contributed by atoms with E-state index in [1.807, 2.05) is 0 Å². The molecule has 0 aromatic rings. The molecule has 0 radical (unpaired) electrons. The van der Waals surface area contributed by atoms with Crippen LogP contribution in [0.1, 0.15) is 168 Å². The molecule has 27 heavy (non-hydrogen) atoms. The first-order valence-electron chi connectivity index (χ1n) is 13.3. The molecule has 0 aromatic heterocycles. The van der Waals surface area contributed by atoms with Crippen LogP contribution in [-0.4, -0.2) is 0 Å². The highest BCUT2D eigenvalue weighted by Gasteiger charge is 2.08. The van der Waals surface area contributed by atoms with E-state index in [0.717, 1.165) is 5.92 Å². The Bertz CT molecular complexity index is 228. The van der Waals surface area contributed by atoms with Gasteiger partial charge in [-0.25, -0.2) is 0 Å². The molecule has 0 saturated heterocycles. The summed E-state index contributed by atoms with van der Waals surface area (Å²) in [4.78, 5) is 0. The largest absolute Gasteiger partial charge is 0.0654 e. The quantitative estimate of drug-likeness (QED) is 0.155. The third kappa shape index (κ3) is 22.2. The maximum Gasteiger partial charge on any atom is -0.0414 e. The molecule has 0 nitrogen and oxygen atoms in total. The topological polar surface area (TPSA) is 0 Å². The van der Waals surface area contributed by atoms with Crippen LogP contribution in [0.5, 0.6) is 0 Å². The number of hydrogen-bond acceptors (Lipinski definition) is 0. The average molecular weight is 381 g/mol. The number of unbranched alkanes of at least 4 members (excludes halogenated alkanes) is 17. The molecular weight excluding hydrogens is 324 g/mol. The smallest absolute Gasteiger partial charge is 0.0414 e. The van der Waals surface area contributed by atoms with Crippen molar-refractivity contribution in [3.05, 3.63) is 0 Å². The van der Waals surface area contributed by atoms with Crippen molar-refractivity contribution in [3.63, 3.8) is 0 Å². The molecule has 0 aliphatic carbocycles. The fourth-order valence-corrected chi connectivity index (χ4v) is 4.43. The zero-order valence-electron chi connectivity index (χ0n) is 19.8. The Labute approximate surface area is 174 Å². The van der Waals surface area contributed by atoms with Gasteiger partial charge in [-0.2, -0.15) is 0 Å². The molecule has 0 amide bonds. The van der Waals surface area contributed by atoms with Gasteiger partial charge in [0.25, 0.3) is 0 Å². The summed E-state index contributed by atoms with van der Waals surface area (Å²) in [6.45, 7) is 6.95. The van der Waals surface area contributed by atoms with Crippen molar-refractivity contribution in [1.82, 2.24) is 0 Å². The normalized spacial score (nSPS) is 11.6. The lowest BCUT2D eigenvalue weighted by Crippen LogP contribution is -2.01. The van der Waals surface area contributed by atoms with Crippen molar-refractivity contribution < 1.29 is 0 Å². The highest BCUT2D eigenvalue weighted by Crippen LogP contribution is 2.24. The van der Waals surface area contributed by atoms with Crippen LogP contribution in [-0.2, 0) is 0 Å². The molecule has 0 aliphatic heterocycles. The standard InChI is InChI=1S/C27H56/c1-4-7-10-13-16-17-20-23-26-27(24-21-18-14-11-8-5-2)25-22-19-15-12-9-6-3/h27H,4-26H2,1-3H3. The van der Waals surface area contributed by atoms with E-state index < -0.39 is 0 Å². The molecule has 0 aromatic carbocycles. The number of rotatable bonds is 23. The molecule has 164 valence electrons. The van der Waals surface area contributed by atoms with Crippen molar-refractivity contribution in [3.8, 4) is 0 Å². The van der Waals surface area contributed by atoms with Crippen LogP contribution in [0, 0.1) is 5.92 Å². The molecule has 0 heterocycles. The summed E-state index contributed by atoms with van der Waals surface area (Å²) < 4.78 is 0. The fourth-order valence-electron chi connectivity index (χ4n) is 4.43. The molecule has 0 aliphatic rings. The van der Waals surface area contributed by atoms with E-state index in [1.54, 1.807) is 0 Å². The average Bonchev–Trinajstić information content (AvgIpc) is 2.68. The van der Waals surface area contributed by atoms with Gasteiger partial charge < -0.3 is 0 Å². The molecule has 0 spiro atoms. The van der Waals surface area contributed by atoms with E-state index in [0.29, 0.717) is 0 Å². The molecule has 0 rings (SSSR count). The maximum atomic E-state index is 2.32. The van der Waals surface area contributed by atoms with Gasteiger partial charge in [0.15, 0.2) is 0 Å². The minimum Gasteiger partial charge on any atom is -0.0654 e. The van der Waals surface area contributed by atoms with Gasteiger partial charge >= 0.3 is 0 Å². The Morgan fingerprint density at radius 2 is 0.519 bits per heavy atom. The van der Waals surface area contributed by atoms with Crippen LogP contribution >= 0.6 is 0 Å². The van der Waals surface area contributed by atoms with Crippen molar-refractivity contribution in [2.75, 3.05) is 0 Å². The van der Waals surface area contributed by atoms with Crippen LogP contribution < -0.4 is 0 Å². The van der Waals surface area contributed by atoms with E-state index in [4.69, 9.17) is 0 Å². The van der Waals surface area contributed by atoms with Crippen molar-refractivity contribution >= 4 is 0 Å². The fraction of sp³-hybridized carbons (Fsp3) is 1.00. The highest BCUT2D eigenvalue weighted by atomic mass is 14.1. The summed E-state index contributed by atoms with van der Waals surface area (Å²) >= 11 is 0. The van der Waals surface area contributed by atoms with Gasteiger partial charge in [0.1, 0.15) is 0 Å². The summed E-state index contributed by atoms with van der Waals surface area (Å²) in [5.41, 5.74) is 0. The Balaban J connectivity index is 3.77. The Hall–Kier alpha value is 0. The van der Waals surface area contributed by atoms with Crippen LogP contribution in [0.2, 0.25) is 0 Å². The van der Waals surface area contributed by atoms with E-state index >= 15 is 0 Å². The second-order valence-electron chi connectivity index (χ2n) is 9.24. The first kappa shape index (κ1) is 27.0. The summed E-state index contributed by atoms with van der Waals surface area (Å²) in [5, 5.41) is 0. The molecule has 0 unspecified atom stereocenters. The maximum absolute atomic E-state index is 2.32. The van der Waals surface area contributed by atoms with Gasteiger partial charge in [0.05, 0.1) is 0 Å². The summed E-state index contributed by atoms with van der Waals surface area (Å²) in [6.07, 6.45) is 33.8. The lowest BCUT2D eigenvalue weighted by molar-refractivity contribution is 0.365. The molecule has 0 heteroatoms. The van der Waals surface area contributed by atoms with Gasteiger partial charge in [-0.3, -0.25) is 0 Å². The molecular formula is C27H56. The summed E-state index contributed by atoms with van der Waals surface area (Å²) in [6, 6.07) is 0. The molecule has 0 N–H and O–H groups in total. The molecule has 0 bridgehead atoms. The van der Waals surface area contributed by atoms with Gasteiger partial charge in [-0.1, -0.05) is 168 Å². The van der Waals surface area contributed by atoms with Crippen molar-refractivity contribution in [2.24, 2.45) is 5.92 Å². The van der Waals surface area contributed by atoms with Crippen molar-refractivity contribution in [1.29, 1.82) is 0 Å². The highest BCUT2D eigenvalue weighted by molar-refractivity contribution is 4.62. The van der Waals surface area contributed by atoms with Crippen LogP contribution in [0.3, 0.4) is 0 Å². The lowest BCUT2D eigenvalue weighted by Gasteiger charge is -2.17. The predicted octanol–water partition coefficient (Wildman–Crippen LogP) is 10.6. The summed E-state index contributed by atoms with van der Waals surface area (Å²) in [7, 11) is 0. The van der Waals surface area contributed by atoms with Gasteiger partial charge in [-0.05, 0) is 5.92 Å². The minimum absolute atomic E-state index is 1.04. The van der Waals surface area contributed by atoms with Gasteiger partial charge in [0.2, 0.25) is 0 Å². The first-order valence-corrected chi connectivity index (χ1v) is 13.3. The zero-order chi connectivity index (χ0) is 19.8. The Morgan fingerprint density at radius 3 is 0.778 bits per heavy atom. The van der Waals surface area contributed by atoms with Gasteiger partial charge in [-0.15, -0.1) is 0 Å². The van der Waals surface area contributed by atoms with E-state index in [9.17, 15) is 0 Å². The zero-order valence-corrected chi connectivity index (χ0v) is 19.8. The Morgan fingerprint density at radius 1 is 0.296 bits per heavy atom. The van der Waals surface area contributed by atoms with Crippen LogP contribution in [0.25, 0.3) is 0 Å². The van der Waals surface area contributed by atoms with Crippen molar-refractivity contribution in [2.45, 2.75) is 168 Å². The third-order valence-electron chi connectivity index (χ3n) is 6.40. The van der Waals surface area contributed by atoms with Crippen LogP contribution in [0.15, 0.2) is 0 Å². The minimum atomic E-state index is 1.04. The third-order valence-corrected chi connectivity index (χ3v) is 6.40. The SMILES string of the molecule is CCCCCCCCCCC(CCCCCCCC)CCCCCCCC. The van der Waals surface area contributed by atoms with E-state index in [-0.39, 0.29) is 0 Å². The predicted molar refractivity (Wildman–Crippen MR) is 127 cm³/mol. The summed E-state index contributed by atoms with van der Waals surface area (Å²) in [5.74, 6) is 1.04. The molecule has 0 saturated carbocycles. The van der Waals surface area contributed by atoms with Crippen LogP contribution in [0.4, 0.5) is 0 Å². The second kappa shape index (κ2) is 24.0. The second-order valence-corrected chi connectivity index (χ2v) is 9.24. The Kier molecular flexibility index (Phi) is 24.0. The first-order chi connectivity index (χ1) is 13.3. The lowest BCUT2D eigenvalue weighted by atomic mass is 9.89. The molecule has 0 fully saturated rings.